The smallest absolute Gasteiger partial charge is 0.423 e. The monoisotopic (exact) mass is 214 g/mol. The van der Waals surface area contributed by atoms with Gasteiger partial charge in [-0.15, -0.1) is 0 Å². The molecule has 3 nitrogen and oxygen atoms in total. The molecule has 0 radical (unpaired) electrons. The van der Waals surface area contributed by atoms with E-state index >= 15 is 0 Å². The molecule has 0 aliphatic heterocycles. The van der Waals surface area contributed by atoms with Crippen molar-refractivity contribution in [2.24, 2.45) is 5.41 Å². The molecule has 1 rings (SSSR count). The Balaban J connectivity index is 2.39. The number of rotatable bonds is 5. The molecule has 0 aromatic carbocycles. The van der Waals surface area contributed by atoms with Gasteiger partial charge in [0.05, 0.1) is 6.61 Å². The minimum atomic E-state index is -0.874. The van der Waals surface area contributed by atoms with Gasteiger partial charge in [0.25, 0.3) is 0 Å². The van der Waals surface area contributed by atoms with Crippen LogP contribution in [0.4, 0.5) is 0 Å². The molecule has 0 atom stereocenters. The summed E-state index contributed by atoms with van der Waals surface area (Å²) in [5.74, 6) is 0. The van der Waals surface area contributed by atoms with Crippen LogP contribution in [0.15, 0.2) is 17.5 Å². The van der Waals surface area contributed by atoms with Crippen molar-refractivity contribution in [3.05, 3.63) is 17.5 Å². The van der Waals surface area contributed by atoms with E-state index in [2.05, 4.69) is 0 Å². The molecule has 5 heteroatoms. The second-order valence-corrected chi connectivity index (χ2v) is 4.98. The maximum Gasteiger partial charge on any atom is 0.501 e. The van der Waals surface area contributed by atoms with Crippen molar-refractivity contribution < 1.29 is 14.8 Å². The fourth-order valence-corrected chi connectivity index (χ4v) is 1.52. The van der Waals surface area contributed by atoms with Gasteiger partial charge in [0.2, 0.25) is 0 Å². The molecule has 0 amide bonds. The molecular weight excluding hydrogens is 199 g/mol. The highest BCUT2D eigenvalue weighted by atomic mass is 32.1. The van der Waals surface area contributed by atoms with Crippen LogP contribution in [-0.4, -0.2) is 30.5 Å². The molecule has 0 bridgehead atoms. The van der Waals surface area contributed by atoms with Gasteiger partial charge in [-0.3, -0.25) is 0 Å². The third kappa shape index (κ3) is 3.42. The van der Waals surface area contributed by atoms with Crippen molar-refractivity contribution in [3.63, 3.8) is 0 Å². The van der Waals surface area contributed by atoms with E-state index < -0.39 is 7.12 Å². The molecule has 0 spiro atoms. The van der Waals surface area contributed by atoms with Gasteiger partial charge in [-0.25, -0.2) is 0 Å². The van der Waals surface area contributed by atoms with Crippen molar-refractivity contribution in [2.75, 3.05) is 13.2 Å². The summed E-state index contributed by atoms with van der Waals surface area (Å²) in [6, 6.07) is 3.69. The Morgan fingerprint density at radius 3 is 2.79 bits per heavy atom. The van der Waals surface area contributed by atoms with Crippen LogP contribution in [0.2, 0.25) is 0 Å². The van der Waals surface area contributed by atoms with Gasteiger partial charge in [0.1, 0.15) is 0 Å². The molecule has 1 aromatic rings. The molecule has 2 N–H and O–H groups in total. The SMILES string of the molecule is CC(C)(CO)COB(O)c1cccs1. The van der Waals surface area contributed by atoms with E-state index in [1.807, 2.05) is 31.4 Å². The van der Waals surface area contributed by atoms with Crippen molar-refractivity contribution in [2.45, 2.75) is 13.8 Å². The van der Waals surface area contributed by atoms with Crippen molar-refractivity contribution in [3.8, 4) is 0 Å². The molecule has 78 valence electrons. The zero-order chi connectivity index (χ0) is 10.6. The first-order valence-electron chi connectivity index (χ1n) is 4.49. The van der Waals surface area contributed by atoms with Crippen LogP contribution in [0.25, 0.3) is 0 Å². The highest BCUT2D eigenvalue weighted by molar-refractivity contribution is 7.20. The van der Waals surface area contributed by atoms with E-state index in [4.69, 9.17) is 9.76 Å². The molecule has 0 saturated heterocycles. The molecule has 14 heavy (non-hydrogen) atoms. The third-order valence-corrected chi connectivity index (χ3v) is 2.75. The Labute approximate surface area is 88.5 Å². The van der Waals surface area contributed by atoms with Crippen LogP contribution in [0.3, 0.4) is 0 Å². The van der Waals surface area contributed by atoms with Gasteiger partial charge in [0.15, 0.2) is 0 Å². The molecule has 1 aromatic heterocycles. The van der Waals surface area contributed by atoms with E-state index in [-0.39, 0.29) is 12.0 Å². The van der Waals surface area contributed by atoms with Gasteiger partial charge in [-0.1, -0.05) is 26.0 Å². The van der Waals surface area contributed by atoms with Gasteiger partial charge < -0.3 is 14.8 Å². The second kappa shape index (κ2) is 4.93. The molecule has 0 fully saturated rings. The summed E-state index contributed by atoms with van der Waals surface area (Å²) in [6.45, 7) is 4.15. The highest BCUT2D eigenvalue weighted by Gasteiger charge is 2.23. The molecule has 0 unspecified atom stereocenters. The van der Waals surface area contributed by atoms with Gasteiger partial charge in [-0.05, 0) is 5.38 Å². The predicted octanol–water partition coefficient (Wildman–Crippen LogP) is 0.471. The Kier molecular flexibility index (Phi) is 4.13. The number of aliphatic hydroxyl groups is 1. The minimum absolute atomic E-state index is 0.0458. The van der Waals surface area contributed by atoms with E-state index in [1.54, 1.807) is 0 Å². The lowest BCUT2D eigenvalue weighted by Crippen LogP contribution is -2.36. The summed E-state index contributed by atoms with van der Waals surface area (Å²) >= 11 is 1.45. The molecule has 0 aliphatic rings. The van der Waals surface area contributed by atoms with Gasteiger partial charge in [0, 0.05) is 16.8 Å². The topological polar surface area (TPSA) is 49.7 Å². The van der Waals surface area contributed by atoms with Crippen molar-refractivity contribution >= 4 is 23.2 Å². The number of aliphatic hydroxyl groups excluding tert-OH is 1. The molecule has 0 aliphatic carbocycles. The van der Waals surface area contributed by atoms with E-state index in [0.29, 0.717) is 6.61 Å². The van der Waals surface area contributed by atoms with E-state index in [0.717, 1.165) is 4.78 Å². The van der Waals surface area contributed by atoms with Crippen LogP contribution in [0, 0.1) is 5.41 Å². The van der Waals surface area contributed by atoms with Crippen LogP contribution in [0.5, 0.6) is 0 Å². The Morgan fingerprint density at radius 2 is 2.29 bits per heavy atom. The number of hydrogen-bond acceptors (Lipinski definition) is 4. The summed E-state index contributed by atoms with van der Waals surface area (Å²) in [4.78, 5) is 0. The lowest BCUT2D eigenvalue weighted by molar-refractivity contribution is 0.0887. The van der Waals surface area contributed by atoms with E-state index in [1.165, 1.54) is 11.3 Å². The summed E-state index contributed by atoms with van der Waals surface area (Å²) in [7, 11) is -0.874. The molecule has 1 heterocycles. The minimum Gasteiger partial charge on any atom is -0.423 e. The van der Waals surface area contributed by atoms with Gasteiger partial charge >= 0.3 is 7.12 Å². The van der Waals surface area contributed by atoms with Crippen LogP contribution < -0.4 is 4.78 Å². The second-order valence-electron chi connectivity index (χ2n) is 4.00. The zero-order valence-corrected chi connectivity index (χ0v) is 9.25. The van der Waals surface area contributed by atoms with E-state index in [9.17, 15) is 5.02 Å². The standard InChI is InChI=1S/C9H15BO3S/c1-9(2,6-11)7-13-10(12)8-4-3-5-14-8/h3-5,11-12H,6-7H2,1-2H3. The average molecular weight is 214 g/mol. The van der Waals surface area contributed by atoms with Crippen molar-refractivity contribution in [1.29, 1.82) is 0 Å². The average Bonchev–Trinajstić information content (AvgIpc) is 2.67. The fraction of sp³-hybridized carbons (Fsp3) is 0.556. The highest BCUT2D eigenvalue weighted by Crippen LogP contribution is 2.14. The largest absolute Gasteiger partial charge is 0.501 e. The van der Waals surface area contributed by atoms with Crippen LogP contribution >= 0.6 is 11.3 Å². The lowest BCUT2D eigenvalue weighted by Gasteiger charge is -2.22. The quantitative estimate of drug-likeness (QED) is 0.700. The lowest BCUT2D eigenvalue weighted by atomic mass is 9.87. The predicted molar refractivity (Wildman–Crippen MR) is 58.7 cm³/mol. The number of thiophene rings is 1. The maximum absolute atomic E-state index is 9.57. The normalized spacial score (nSPS) is 11.7. The summed E-state index contributed by atoms with van der Waals surface area (Å²) in [5, 5.41) is 20.4. The van der Waals surface area contributed by atoms with Crippen molar-refractivity contribution in [1.82, 2.24) is 0 Å². The zero-order valence-electron chi connectivity index (χ0n) is 8.43. The fourth-order valence-electron chi connectivity index (χ4n) is 0.864. The summed E-state index contributed by atoms with van der Waals surface area (Å²) < 4.78 is 6.04. The Bertz CT molecular complexity index is 261. The molecule has 0 saturated carbocycles. The summed E-state index contributed by atoms with van der Waals surface area (Å²) in [6.07, 6.45) is 0. The van der Waals surface area contributed by atoms with Crippen LogP contribution in [0.1, 0.15) is 13.8 Å². The number of hydrogen-bond donors (Lipinski definition) is 2. The summed E-state index contributed by atoms with van der Waals surface area (Å²) in [5.41, 5.74) is -0.307. The first kappa shape index (κ1) is 11.7. The first-order valence-corrected chi connectivity index (χ1v) is 5.37. The third-order valence-electron chi connectivity index (χ3n) is 1.85. The van der Waals surface area contributed by atoms with Gasteiger partial charge in [-0.2, -0.15) is 11.3 Å². The first-order chi connectivity index (χ1) is 6.55. The van der Waals surface area contributed by atoms with Crippen LogP contribution in [-0.2, 0) is 4.65 Å². The Hall–Kier alpha value is -0.355. The maximum atomic E-state index is 9.57. The molecular formula is C9H15BO3S. The Morgan fingerprint density at radius 1 is 1.57 bits per heavy atom.